The normalized spacial score (nSPS) is 12.0. The number of phenols is 1. The van der Waals surface area contributed by atoms with E-state index >= 15 is 0 Å². The summed E-state index contributed by atoms with van der Waals surface area (Å²) < 4.78 is 1.63. The first-order chi connectivity index (χ1) is 10.3. The number of benzene rings is 1. The molecule has 1 aromatic heterocycles. The van der Waals surface area contributed by atoms with Gasteiger partial charge in [-0.1, -0.05) is 0 Å². The summed E-state index contributed by atoms with van der Waals surface area (Å²) in [5.74, 6) is -0.840. The lowest BCUT2D eigenvalue weighted by Crippen LogP contribution is -2.29. The van der Waals surface area contributed by atoms with Crippen molar-refractivity contribution in [2.75, 3.05) is 7.05 Å². The predicted molar refractivity (Wildman–Crippen MR) is 78.5 cm³/mol. The van der Waals surface area contributed by atoms with Gasteiger partial charge in [0.05, 0.1) is 28.8 Å². The SMILES string of the molecule is C[C@H](c1cnn(C)c1)N(C)C(=O)c1ccc([N+](=O)[O-])cc1O. The minimum absolute atomic E-state index is 0.0174. The predicted octanol–water partition coefficient (Wildman–Crippen LogP) is 1.87. The van der Waals surface area contributed by atoms with Crippen molar-refractivity contribution in [3.8, 4) is 5.75 Å². The molecule has 1 amide bonds. The van der Waals surface area contributed by atoms with Crippen LogP contribution in [-0.4, -0.2) is 37.7 Å². The van der Waals surface area contributed by atoms with Crippen LogP contribution in [0, 0.1) is 10.1 Å². The van der Waals surface area contributed by atoms with Gasteiger partial charge in [0.1, 0.15) is 5.75 Å². The molecule has 2 rings (SSSR count). The Labute approximate surface area is 126 Å². The fourth-order valence-corrected chi connectivity index (χ4v) is 2.06. The summed E-state index contributed by atoms with van der Waals surface area (Å²) in [6.45, 7) is 1.83. The van der Waals surface area contributed by atoms with Gasteiger partial charge in [-0.05, 0) is 13.0 Å². The number of nitrogens with zero attached hydrogens (tertiary/aromatic N) is 4. The zero-order valence-corrected chi connectivity index (χ0v) is 12.4. The molecule has 2 aromatic rings. The van der Waals surface area contributed by atoms with E-state index in [2.05, 4.69) is 5.10 Å². The van der Waals surface area contributed by atoms with Crippen molar-refractivity contribution < 1.29 is 14.8 Å². The van der Waals surface area contributed by atoms with E-state index in [9.17, 15) is 20.0 Å². The maximum absolute atomic E-state index is 12.4. The number of aryl methyl sites for hydroxylation is 1. The van der Waals surface area contributed by atoms with Gasteiger partial charge in [-0.25, -0.2) is 0 Å². The van der Waals surface area contributed by atoms with E-state index in [0.29, 0.717) is 0 Å². The smallest absolute Gasteiger partial charge is 0.273 e. The van der Waals surface area contributed by atoms with Crippen molar-refractivity contribution in [3.63, 3.8) is 0 Å². The van der Waals surface area contributed by atoms with Crippen molar-refractivity contribution in [2.45, 2.75) is 13.0 Å². The van der Waals surface area contributed by atoms with Crippen molar-refractivity contribution in [1.29, 1.82) is 0 Å². The van der Waals surface area contributed by atoms with Crippen LogP contribution in [0.5, 0.6) is 5.75 Å². The third kappa shape index (κ3) is 2.90. The minimum atomic E-state index is -0.629. The Bertz CT molecular complexity index is 725. The zero-order valence-electron chi connectivity index (χ0n) is 12.4. The number of nitro benzene ring substituents is 1. The molecule has 0 spiro atoms. The van der Waals surface area contributed by atoms with Crippen molar-refractivity contribution >= 4 is 11.6 Å². The van der Waals surface area contributed by atoms with Gasteiger partial charge in [-0.15, -0.1) is 0 Å². The molecule has 0 unspecified atom stereocenters. The second-order valence-corrected chi connectivity index (χ2v) is 5.00. The molecule has 1 N–H and O–H groups in total. The fourth-order valence-electron chi connectivity index (χ4n) is 2.06. The standard InChI is InChI=1S/C14H16N4O4/c1-9(10-7-15-16(2)8-10)17(3)14(20)12-5-4-11(18(21)22)6-13(12)19/h4-9,19H,1-3H3/t9-/m1/s1. The van der Waals surface area contributed by atoms with E-state index in [1.165, 1.54) is 17.0 Å². The largest absolute Gasteiger partial charge is 0.507 e. The topological polar surface area (TPSA) is 102 Å². The molecule has 1 atom stereocenters. The number of carbonyl (C=O) groups excluding carboxylic acids is 1. The lowest BCUT2D eigenvalue weighted by Gasteiger charge is -2.24. The number of hydrogen-bond acceptors (Lipinski definition) is 5. The van der Waals surface area contributed by atoms with Gasteiger partial charge in [-0.2, -0.15) is 5.10 Å². The van der Waals surface area contributed by atoms with Crippen LogP contribution in [0.1, 0.15) is 28.9 Å². The number of non-ortho nitro benzene ring substituents is 1. The molecular weight excluding hydrogens is 288 g/mol. The molecule has 0 aliphatic rings. The van der Waals surface area contributed by atoms with E-state index in [-0.39, 0.29) is 17.3 Å². The second kappa shape index (κ2) is 5.84. The van der Waals surface area contributed by atoms with Crippen LogP contribution in [0.3, 0.4) is 0 Å². The summed E-state index contributed by atoms with van der Waals surface area (Å²) in [5.41, 5.74) is 0.598. The van der Waals surface area contributed by atoms with Crippen LogP contribution in [0.2, 0.25) is 0 Å². The molecule has 0 aliphatic heterocycles. The summed E-state index contributed by atoms with van der Waals surface area (Å²) in [7, 11) is 3.38. The van der Waals surface area contributed by atoms with Crippen LogP contribution in [0.15, 0.2) is 30.6 Å². The van der Waals surface area contributed by atoms with Gasteiger partial charge in [0.25, 0.3) is 11.6 Å². The lowest BCUT2D eigenvalue weighted by atomic mass is 10.1. The highest BCUT2D eigenvalue weighted by Gasteiger charge is 2.23. The maximum Gasteiger partial charge on any atom is 0.273 e. The van der Waals surface area contributed by atoms with E-state index in [1.54, 1.807) is 31.2 Å². The van der Waals surface area contributed by atoms with Crippen LogP contribution >= 0.6 is 0 Å². The fraction of sp³-hybridized carbons (Fsp3) is 0.286. The molecule has 0 radical (unpaired) electrons. The number of carbonyl (C=O) groups is 1. The number of phenolic OH excluding ortho intramolecular Hbond substituents is 1. The number of hydrogen-bond donors (Lipinski definition) is 1. The number of amides is 1. The maximum atomic E-state index is 12.4. The van der Waals surface area contributed by atoms with E-state index in [1.807, 2.05) is 6.92 Å². The summed E-state index contributed by atoms with van der Waals surface area (Å²) >= 11 is 0. The summed E-state index contributed by atoms with van der Waals surface area (Å²) in [5, 5.41) is 24.6. The quantitative estimate of drug-likeness (QED) is 0.686. The van der Waals surface area contributed by atoms with Crippen LogP contribution < -0.4 is 0 Å². The highest BCUT2D eigenvalue weighted by molar-refractivity contribution is 5.97. The Morgan fingerprint density at radius 1 is 1.50 bits per heavy atom. The summed E-state index contributed by atoms with van der Waals surface area (Å²) in [6, 6.07) is 3.16. The Kier molecular flexibility index (Phi) is 4.11. The van der Waals surface area contributed by atoms with Gasteiger partial charge in [0.2, 0.25) is 0 Å². The molecular formula is C14H16N4O4. The van der Waals surface area contributed by atoms with Crippen molar-refractivity contribution in [3.05, 3.63) is 51.8 Å². The minimum Gasteiger partial charge on any atom is -0.507 e. The third-order valence-electron chi connectivity index (χ3n) is 3.53. The molecule has 0 bridgehead atoms. The number of aromatic nitrogens is 2. The Hall–Kier alpha value is -2.90. The first-order valence-corrected chi connectivity index (χ1v) is 6.54. The molecule has 0 saturated carbocycles. The van der Waals surface area contributed by atoms with Gasteiger partial charge >= 0.3 is 0 Å². The monoisotopic (exact) mass is 304 g/mol. The Morgan fingerprint density at radius 3 is 2.68 bits per heavy atom. The van der Waals surface area contributed by atoms with Crippen LogP contribution in [-0.2, 0) is 7.05 Å². The Morgan fingerprint density at radius 2 is 2.18 bits per heavy atom. The number of aromatic hydroxyl groups is 1. The van der Waals surface area contributed by atoms with E-state index in [4.69, 9.17) is 0 Å². The van der Waals surface area contributed by atoms with Crippen LogP contribution in [0.4, 0.5) is 5.69 Å². The van der Waals surface area contributed by atoms with E-state index in [0.717, 1.165) is 11.6 Å². The molecule has 0 saturated heterocycles. The van der Waals surface area contributed by atoms with Crippen molar-refractivity contribution in [2.24, 2.45) is 7.05 Å². The summed E-state index contributed by atoms with van der Waals surface area (Å²) in [4.78, 5) is 23.9. The van der Waals surface area contributed by atoms with Gasteiger partial charge in [-0.3, -0.25) is 19.6 Å². The van der Waals surface area contributed by atoms with E-state index < -0.39 is 16.6 Å². The third-order valence-corrected chi connectivity index (χ3v) is 3.53. The molecule has 0 fully saturated rings. The van der Waals surface area contributed by atoms with Gasteiger partial charge < -0.3 is 10.0 Å². The highest BCUT2D eigenvalue weighted by Crippen LogP contribution is 2.27. The first-order valence-electron chi connectivity index (χ1n) is 6.54. The van der Waals surface area contributed by atoms with Crippen molar-refractivity contribution in [1.82, 2.24) is 14.7 Å². The van der Waals surface area contributed by atoms with Crippen LogP contribution in [0.25, 0.3) is 0 Å². The number of rotatable bonds is 4. The Balaban J connectivity index is 2.25. The molecule has 1 heterocycles. The molecule has 116 valence electrons. The zero-order chi connectivity index (χ0) is 16.4. The molecule has 22 heavy (non-hydrogen) atoms. The molecule has 1 aromatic carbocycles. The van der Waals surface area contributed by atoms with Gasteiger partial charge in [0.15, 0.2) is 0 Å². The molecule has 8 heteroatoms. The average Bonchev–Trinajstić information content (AvgIpc) is 2.91. The van der Waals surface area contributed by atoms with Gasteiger partial charge in [0, 0.05) is 31.9 Å². The average molecular weight is 304 g/mol. The lowest BCUT2D eigenvalue weighted by molar-refractivity contribution is -0.384. The summed E-state index contributed by atoms with van der Waals surface area (Å²) in [6.07, 6.45) is 3.45. The first kappa shape index (κ1) is 15.5. The second-order valence-electron chi connectivity index (χ2n) is 5.00. The highest BCUT2D eigenvalue weighted by atomic mass is 16.6. The molecule has 8 nitrogen and oxygen atoms in total. The number of nitro groups is 1. The molecule has 0 aliphatic carbocycles.